The van der Waals surface area contributed by atoms with Gasteiger partial charge in [-0.3, -0.25) is 4.99 Å². The third-order valence-corrected chi connectivity index (χ3v) is 13.6. The molecule has 1 aliphatic rings. The fourth-order valence-corrected chi connectivity index (χ4v) is 10.7. The first-order chi connectivity index (χ1) is 27.7. The van der Waals surface area contributed by atoms with Gasteiger partial charge in [0.2, 0.25) is 0 Å². The minimum Gasteiger partial charge on any atom is -0.257 e. The van der Waals surface area contributed by atoms with Gasteiger partial charge in [0.1, 0.15) is 0 Å². The number of rotatable bonds is 6. The summed E-state index contributed by atoms with van der Waals surface area (Å²) >= 11 is 3.71. The fourth-order valence-electron chi connectivity index (χ4n) is 8.44. The Labute approximate surface area is 333 Å². The Balaban J connectivity index is 0.931. The first kappa shape index (κ1) is 33.1. The molecule has 11 rings (SSSR count). The lowest BCUT2D eigenvalue weighted by atomic mass is 9.83. The van der Waals surface area contributed by atoms with Crippen molar-refractivity contribution in [3.05, 3.63) is 187 Å². The summed E-state index contributed by atoms with van der Waals surface area (Å²) in [6.45, 7) is 2.26. The molecule has 0 radical (unpaired) electrons. The molecular weight excluding hydrogens is 719 g/mol. The average molecular weight is 754 g/mol. The summed E-state index contributed by atoms with van der Waals surface area (Å²) in [5.41, 5.74) is 10.1. The van der Waals surface area contributed by atoms with Crippen LogP contribution in [0, 0.1) is 5.92 Å². The van der Waals surface area contributed by atoms with E-state index in [4.69, 9.17) is 15.0 Å². The second-order valence-electron chi connectivity index (χ2n) is 14.6. The number of aliphatic imine (C=N–C) groups is 2. The molecule has 56 heavy (non-hydrogen) atoms. The van der Waals surface area contributed by atoms with E-state index in [1.165, 1.54) is 62.6 Å². The van der Waals surface area contributed by atoms with E-state index in [2.05, 4.69) is 171 Å². The number of thiophene rings is 2. The minimum absolute atomic E-state index is 0.00429. The lowest BCUT2D eigenvalue weighted by molar-refractivity contribution is 0.532. The first-order valence-corrected chi connectivity index (χ1v) is 20.9. The number of fused-ring (bicyclic) bond motifs is 7. The van der Waals surface area contributed by atoms with E-state index < -0.39 is 0 Å². The van der Waals surface area contributed by atoms with Gasteiger partial charge in [-0.25, -0.2) is 9.98 Å². The third kappa shape index (κ3) is 5.66. The number of hydrogen-bond acceptors (Lipinski definition) is 5. The molecule has 0 spiro atoms. The number of pyridine rings is 1. The second-order valence-corrected chi connectivity index (χ2v) is 16.8. The molecule has 5 heteroatoms. The Hall–Kier alpha value is -6.27. The molecule has 7 aromatic carbocycles. The molecule has 4 heterocycles. The van der Waals surface area contributed by atoms with Crippen molar-refractivity contribution >= 4 is 85.5 Å². The predicted octanol–water partition coefficient (Wildman–Crippen LogP) is 14.3. The van der Waals surface area contributed by atoms with Crippen molar-refractivity contribution in [2.75, 3.05) is 0 Å². The standard InChI is InChI=1S/C51H35N3S2/c1-2-38-49(31-11-5-3-6-12-31)53-51(32-13-7-4-8-14-32)54-50(38)37-18-23-41-40-22-17-34(29-47(40)56-48(41)30-37)33-19-24-43-35(27-33)20-25-44(52-43)36-21-26-46-42(28-36)39-15-9-10-16-45(39)55-46/h3-30,38,49H,2H2,1H3. The van der Waals surface area contributed by atoms with E-state index in [0.29, 0.717) is 0 Å². The van der Waals surface area contributed by atoms with Crippen LogP contribution in [0.4, 0.5) is 0 Å². The van der Waals surface area contributed by atoms with Gasteiger partial charge < -0.3 is 0 Å². The normalized spacial score (nSPS) is 15.9. The largest absolute Gasteiger partial charge is 0.257 e. The van der Waals surface area contributed by atoms with Crippen molar-refractivity contribution in [2.24, 2.45) is 15.9 Å². The zero-order valence-electron chi connectivity index (χ0n) is 30.7. The Morgan fingerprint density at radius 2 is 1.12 bits per heavy atom. The summed E-state index contributed by atoms with van der Waals surface area (Å²) < 4.78 is 5.19. The molecule has 0 aliphatic carbocycles. The van der Waals surface area contributed by atoms with E-state index in [9.17, 15) is 0 Å². The number of aromatic nitrogens is 1. The number of amidine groups is 1. The molecule has 10 aromatic rings. The quantitative estimate of drug-likeness (QED) is 0.167. The Morgan fingerprint density at radius 1 is 0.482 bits per heavy atom. The SMILES string of the molecule is CCC1C(c2ccc3c(c2)sc2cc(-c4ccc5nc(-c6ccc7sc8ccccc8c7c6)ccc5c4)ccc23)=NC(c2ccccc2)=NC1c1ccccc1. The highest BCUT2D eigenvalue weighted by Gasteiger charge is 2.32. The van der Waals surface area contributed by atoms with E-state index in [1.54, 1.807) is 0 Å². The molecule has 0 N–H and O–H groups in total. The molecule has 0 saturated heterocycles. The maximum absolute atomic E-state index is 5.30. The highest BCUT2D eigenvalue weighted by Crippen LogP contribution is 2.41. The van der Waals surface area contributed by atoms with Crippen LogP contribution in [-0.2, 0) is 0 Å². The van der Waals surface area contributed by atoms with Gasteiger partial charge in [0, 0.05) is 62.8 Å². The zero-order chi connectivity index (χ0) is 37.2. The van der Waals surface area contributed by atoms with Crippen molar-refractivity contribution in [3.8, 4) is 22.4 Å². The summed E-state index contributed by atoms with van der Waals surface area (Å²) in [7, 11) is 0. The van der Waals surface area contributed by atoms with E-state index in [0.717, 1.165) is 45.7 Å². The van der Waals surface area contributed by atoms with E-state index in [-0.39, 0.29) is 12.0 Å². The van der Waals surface area contributed by atoms with Gasteiger partial charge >= 0.3 is 0 Å². The second kappa shape index (κ2) is 13.5. The molecular formula is C51H35N3S2. The molecule has 2 unspecified atom stereocenters. The van der Waals surface area contributed by atoms with Crippen LogP contribution in [0.1, 0.15) is 36.1 Å². The van der Waals surface area contributed by atoms with Gasteiger partial charge in [0.05, 0.1) is 23.0 Å². The van der Waals surface area contributed by atoms with Crippen molar-refractivity contribution in [1.82, 2.24) is 4.98 Å². The van der Waals surface area contributed by atoms with Crippen LogP contribution in [0.25, 0.3) is 73.6 Å². The number of nitrogens with zero attached hydrogens (tertiary/aromatic N) is 3. The van der Waals surface area contributed by atoms with Crippen LogP contribution >= 0.6 is 22.7 Å². The monoisotopic (exact) mass is 753 g/mol. The topological polar surface area (TPSA) is 37.6 Å². The van der Waals surface area contributed by atoms with Crippen LogP contribution < -0.4 is 0 Å². The van der Waals surface area contributed by atoms with Crippen LogP contribution in [0.5, 0.6) is 0 Å². The fraction of sp³-hybridized carbons (Fsp3) is 0.0784. The number of benzene rings is 7. The molecule has 0 saturated carbocycles. The van der Waals surface area contributed by atoms with Crippen molar-refractivity contribution in [1.29, 1.82) is 0 Å². The van der Waals surface area contributed by atoms with Gasteiger partial charge in [-0.2, -0.15) is 0 Å². The summed E-state index contributed by atoms with van der Waals surface area (Å²) in [4.78, 5) is 15.7. The Morgan fingerprint density at radius 3 is 1.95 bits per heavy atom. The predicted molar refractivity (Wildman–Crippen MR) is 241 cm³/mol. The summed E-state index contributed by atoms with van der Waals surface area (Å²) in [6, 6.07) is 61.3. The van der Waals surface area contributed by atoms with Gasteiger partial charge in [0.25, 0.3) is 0 Å². The minimum atomic E-state index is 0.00429. The lowest BCUT2D eigenvalue weighted by Crippen LogP contribution is -2.28. The highest BCUT2D eigenvalue weighted by molar-refractivity contribution is 7.26. The van der Waals surface area contributed by atoms with Gasteiger partial charge in [0.15, 0.2) is 5.84 Å². The van der Waals surface area contributed by atoms with Crippen molar-refractivity contribution in [3.63, 3.8) is 0 Å². The third-order valence-electron chi connectivity index (χ3n) is 11.3. The smallest absolute Gasteiger partial charge is 0.155 e. The molecule has 0 fully saturated rings. The maximum atomic E-state index is 5.30. The molecule has 1 aliphatic heterocycles. The Bertz CT molecular complexity index is 3190. The number of hydrogen-bond donors (Lipinski definition) is 0. The molecule has 2 atom stereocenters. The lowest BCUT2D eigenvalue weighted by Gasteiger charge is -2.30. The van der Waals surface area contributed by atoms with Crippen LogP contribution in [0.3, 0.4) is 0 Å². The van der Waals surface area contributed by atoms with Crippen LogP contribution in [-0.4, -0.2) is 16.5 Å². The van der Waals surface area contributed by atoms with E-state index >= 15 is 0 Å². The van der Waals surface area contributed by atoms with Crippen molar-refractivity contribution in [2.45, 2.75) is 19.4 Å². The summed E-state index contributed by atoms with van der Waals surface area (Å²) in [5, 5.41) is 6.31. The Kier molecular flexibility index (Phi) is 7.97. The van der Waals surface area contributed by atoms with Gasteiger partial charge in [-0.05, 0) is 77.2 Å². The zero-order valence-corrected chi connectivity index (χ0v) is 32.3. The first-order valence-electron chi connectivity index (χ1n) is 19.2. The molecule has 0 bridgehead atoms. The summed E-state index contributed by atoms with van der Waals surface area (Å²) in [5.74, 6) is 0.974. The van der Waals surface area contributed by atoms with Crippen LogP contribution in [0.2, 0.25) is 0 Å². The summed E-state index contributed by atoms with van der Waals surface area (Å²) in [6.07, 6.45) is 0.947. The molecule has 0 amide bonds. The molecule has 3 nitrogen and oxygen atoms in total. The van der Waals surface area contributed by atoms with Crippen LogP contribution in [0.15, 0.2) is 180 Å². The molecule has 3 aromatic heterocycles. The molecule has 266 valence electrons. The highest BCUT2D eigenvalue weighted by atomic mass is 32.1. The van der Waals surface area contributed by atoms with Gasteiger partial charge in [-0.1, -0.05) is 128 Å². The van der Waals surface area contributed by atoms with Gasteiger partial charge in [-0.15, -0.1) is 22.7 Å². The maximum Gasteiger partial charge on any atom is 0.155 e. The average Bonchev–Trinajstić information content (AvgIpc) is 3.83. The van der Waals surface area contributed by atoms with E-state index in [1.807, 2.05) is 28.7 Å². The van der Waals surface area contributed by atoms with Crippen molar-refractivity contribution < 1.29 is 0 Å².